The van der Waals surface area contributed by atoms with Gasteiger partial charge in [-0.05, 0) is 12.5 Å². The van der Waals surface area contributed by atoms with Crippen molar-refractivity contribution in [1.82, 2.24) is 5.32 Å². The van der Waals surface area contributed by atoms with Crippen molar-refractivity contribution in [3.8, 4) is 0 Å². The molecular weight excluding hydrogens is 439 g/mol. The molecule has 0 aromatic carbocycles. The Morgan fingerprint density at radius 3 is 1.38 bits per heavy atom. The van der Waals surface area contributed by atoms with Gasteiger partial charge < -0.3 is 43.6 Å². The van der Waals surface area contributed by atoms with Crippen molar-refractivity contribution in [3.05, 3.63) is 10.4 Å². The summed E-state index contributed by atoms with van der Waals surface area (Å²) in [6.45, 7) is 9.06. The number of azide groups is 1. The maximum Gasteiger partial charge on any atom is 1.00 e. The van der Waals surface area contributed by atoms with Crippen LogP contribution >= 0.6 is 0 Å². The molecule has 1 N–H and O–H groups in total. The summed E-state index contributed by atoms with van der Waals surface area (Å²) in [4.78, 5) is 22.1. The van der Waals surface area contributed by atoms with Gasteiger partial charge >= 0.3 is 29.6 Å². The monoisotopic (exact) mass is 474 g/mol. The fourth-order valence-corrected chi connectivity index (χ4v) is 1.65. The normalized spacial score (nSPS) is 9.69. The average molecular weight is 474 g/mol. The molecule has 0 aromatic rings. The number of carbonyl (C=O) groups excluding carboxylic acids is 2. The van der Waals surface area contributed by atoms with Crippen LogP contribution in [0.4, 0.5) is 0 Å². The second-order valence-electron chi connectivity index (χ2n) is 5.60. The van der Waals surface area contributed by atoms with Gasteiger partial charge in [-0.2, -0.15) is 0 Å². The fourth-order valence-electron chi connectivity index (χ4n) is 1.65. The van der Waals surface area contributed by atoms with E-state index >= 15 is 0 Å². The summed E-state index contributed by atoms with van der Waals surface area (Å²) in [5.41, 5.74) is 8.07. The number of hydrogen-bond acceptors (Lipinski definition) is 10. The molecule has 0 radical (unpaired) electrons. The van der Waals surface area contributed by atoms with E-state index in [0.717, 1.165) is 6.92 Å². The van der Waals surface area contributed by atoms with Crippen molar-refractivity contribution in [2.75, 3.05) is 92.4 Å². The zero-order valence-corrected chi connectivity index (χ0v) is 21.4. The number of nitrogens with zero attached hydrogens (tertiary/aromatic N) is 3. The van der Waals surface area contributed by atoms with Gasteiger partial charge in [-0.1, -0.05) is 5.11 Å². The molecule has 0 aliphatic carbocycles. The topological polar surface area (TPSA) is 173 Å². The Morgan fingerprint density at radius 2 is 1.06 bits per heavy atom. The van der Waals surface area contributed by atoms with Gasteiger partial charge in [-0.25, -0.2) is 0 Å². The first kappa shape index (κ1) is 35.6. The van der Waals surface area contributed by atoms with Crippen molar-refractivity contribution in [3.63, 3.8) is 0 Å². The van der Waals surface area contributed by atoms with Crippen LogP contribution in [0.3, 0.4) is 0 Å². The van der Waals surface area contributed by atoms with E-state index in [-0.39, 0.29) is 35.5 Å². The molecule has 0 saturated carbocycles. The summed E-state index contributed by atoms with van der Waals surface area (Å²) >= 11 is 0. The second kappa shape index (κ2) is 32.2. The van der Waals surface area contributed by atoms with Crippen molar-refractivity contribution < 1.29 is 72.7 Å². The third-order valence-corrected chi connectivity index (χ3v) is 2.88. The Bertz CT molecular complexity index is 446. The Kier molecular flexibility index (Phi) is 35.8. The second-order valence-corrected chi connectivity index (χ2v) is 5.60. The molecule has 0 aromatic heterocycles. The molecule has 13 nitrogen and oxygen atoms in total. The van der Waals surface area contributed by atoms with Gasteiger partial charge in [-0.3, -0.25) is 4.79 Å². The minimum Gasteiger partial charge on any atom is -0.550 e. The van der Waals surface area contributed by atoms with Gasteiger partial charge in [0, 0.05) is 30.9 Å². The zero-order valence-electron chi connectivity index (χ0n) is 19.4. The van der Waals surface area contributed by atoms with E-state index in [9.17, 15) is 4.79 Å². The van der Waals surface area contributed by atoms with E-state index in [1.54, 1.807) is 0 Å². The first-order valence-corrected chi connectivity index (χ1v) is 9.90. The van der Waals surface area contributed by atoms with E-state index in [4.69, 9.17) is 43.9 Å². The third kappa shape index (κ3) is 43.0. The van der Waals surface area contributed by atoms with Gasteiger partial charge in [-0.15, -0.1) is 0 Å². The Labute approximate surface area is 211 Å². The summed E-state index contributed by atoms with van der Waals surface area (Å²) in [5.74, 6) is -1.14. The minimum atomic E-state index is -1.08. The Balaban J connectivity index is -0.00000154. The standard InChI is InChI=1S/C16H32N4O7.C2H4O2.Na/c1-16(21)18-2-4-22-6-8-24-10-12-26-14-15-27-13-11-25-9-7-23-5-3-19-20-17;1-2(3)4;/h2-15H2,1H3,(H,18,21);1H3,(H,3,4);/q;;+1/p-1. The van der Waals surface area contributed by atoms with Crippen molar-refractivity contribution in [1.29, 1.82) is 0 Å². The van der Waals surface area contributed by atoms with E-state index < -0.39 is 5.97 Å². The van der Waals surface area contributed by atoms with Crippen LogP contribution in [0.5, 0.6) is 0 Å². The summed E-state index contributed by atoms with van der Waals surface area (Å²) in [6, 6.07) is 0. The van der Waals surface area contributed by atoms with Gasteiger partial charge in [0.2, 0.25) is 5.91 Å². The van der Waals surface area contributed by atoms with Gasteiger partial charge in [0.15, 0.2) is 0 Å². The number of ether oxygens (including phenoxy) is 6. The van der Waals surface area contributed by atoms with Gasteiger partial charge in [0.1, 0.15) is 0 Å². The molecule has 0 atom stereocenters. The van der Waals surface area contributed by atoms with Crippen molar-refractivity contribution in [2.45, 2.75) is 13.8 Å². The van der Waals surface area contributed by atoms with Crippen LogP contribution in [0, 0.1) is 0 Å². The predicted octanol–water partition coefficient (Wildman–Crippen LogP) is -3.71. The van der Waals surface area contributed by atoms with Crippen molar-refractivity contribution >= 4 is 11.9 Å². The van der Waals surface area contributed by atoms with Crippen LogP contribution in [0.25, 0.3) is 10.4 Å². The summed E-state index contributed by atoms with van der Waals surface area (Å²) < 4.78 is 31.8. The van der Waals surface area contributed by atoms with Gasteiger partial charge in [0.05, 0.1) is 79.3 Å². The van der Waals surface area contributed by atoms with Crippen LogP contribution in [-0.4, -0.2) is 104 Å². The largest absolute Gasteiger partial charge is 1.00 e. The molecule has 1 amide bonds. The van der Waals surface area contributed by atoms with Crippen LogP contribution in [-0.2, 0) is 38.0 Å². The smallest absolute Gasteiger partial charge is 0.550 e. The molecule has 182 valence electrons. The molecule has 0 fully saturated rings. The third-order valence-electron chi connectivity index (χ3n) is 2.88. The SMILES string of the molecule is CC(=O)NCCOCCOCCOCCOCCOCCOCCN=[N+]=[N-].CC(=O)[O-].[Na+]. The van der Waals surface area contributed by atoms with Crippen LogP contribution < -0.4 is 40.0 Å². The molecule has 0 rings (SSSR count). The molecule has 0 unspecified atom stereocenters. The van der Waals surface area contributed by atoms with Crippen LogP contribution in [0.2, 0.25) is 0 Å². The average Bonchev–Trinajstić information content (AvgIpc) is 2.71. The molecular formula is C18H35N4NaO9. The number of nitrogens with one attached hydrogen (secondary N) is 1. The number of hydrogen-bond donors (Lipinski definition) is 1. The Morgan fingerprint density at radius 1 is 0.750 bits per heavy atom. The first-order chi connectivity index (χ1) is 15.0. The van der Waals surface area contributed by atoms with Crippen LogP contribution in [0.15, 0.2) is 5.11 Å². The molecule has 0 aliphatic rings. The van der Waals surface area contributed by atoms with E-state index in [1.165, 1.54) is 6.92 Å². The zero-order chi connectivity index (χ0) is 23.4. The Hall–Kier alpha value is -0.990. The minimum absolute atomic E-state index is 0. The van der Waals surface area contributed by atoms with Gasteiger partial charge in [0.25, 0.3) is 0 Å². The number of amides is 1. The maximum atomic E-state index is 10.6. The molecule has 0 bridgehead atoms. The predicted molar refractivity (Wildman–Crippen MR) is 108 cm³/mol. The number of carboxylic acid groups (broad SMARTS) is 1. The molecule has 0 saturated heterocycles. The summed E-state index contributed by atoms with van der Waals surface area (Å²) in [7, 11) is 0. The molecule has 0 spiro atoms. The summed E-state index contributed by atoms with van der Waals surface area (Å²) in [6.07, 6.45) is 0. The number of carbonyl (C=O) groups is 2. The fraction of sp³-hybridized carbons (Fsp3) is 0.889. The molecule has 14 heteroatoms. The number of aliphatic carboxylic acids is 1. The quantitative estimate of drug-likeness (QED) is 0.0577. The molecule has 0 aliphatic heterocycles. The van der Waals surface area contributed by atoms with E-state index in [1.807, 2.05) is 0 Å². The summed E-state index contributed by atoms with van der Waals surface area (Å²) in [5, 5.41) is 14.9. The number of carboxylic acids is 1. The molecule has 0 heterocycles. The first-order valence-electron chi connectivity index (χ1n) is 9.90. The van der Waals surface area contributed by atoms with E-state index in [2.05, 4.69) is 15.3 Å². The molecule has 32 heavy (non-hydrogen) atoms. The van der Waals surface area contributed by atoms with Crippen molar-refractivity contribution in [2.24, 2.45) is 5.11 Å². The van der Waals surface area contributed by atoms with E-state index in [0.29, 0.717) is 92.4 Å². The maximum absolute atomic E-state index is 10.6. The number of rotatable bonds is 21. The van der Waals surface area contributed by atoms with Crippen LogP contribution in [0.1, 0.15) is 13.8 Å².